The molecule has 0 aliphatic heterocycles. The summed E-state index contributed by atoms with van der Waals surface area (Å²) in [6.45, 7) is 1.01. The Morgan fingerprint density at radius 3 is 2.38 bits per heavy atom. The maximum Gasteiger partial charge on any atom is 0.411 e. The predicted molar refractivity (Wildman–Crippen MR) is 72.8 cm³/mol. The van der Waals surface area contributed by atoms with Crippen molar-refractivity contribution in [3.63, 3.8) is 0 Å². The molecule has 0 spiro atoms. The predicted octanol–water partition coefficient (Wildman–Crippen LogP) is 2.93. The Bertz CT molecular complexity index is 438. The van der Waals surface area contributed by atoms with Crippen molar-refractivity contribution in [3.8, 4) is 11.5 Å². The van der Waals surface area contributed by atoms with E-state index in [1.165, 1.54) is 0 Å². The maximum absolute atomic E-state index is 11.9. The number of halogens is 3. The molecule has 21 heavy (non-hydrogen) atoms. The Labute approximate surface area is 122 Å². The highest BCUT2D eigenvalue weighted by Crippen LogP contribution is 2.29. The second kappa shape index (κ2) is 8.09. The fourth-order valence-electron chi connectivity index (χ4n) is 1.78. The van der Waals surface area contributed by atoms with Crippen LogP contribution in [-0.2, 0) is 4.74 Å². The summed E-state index contributed by atoms with van der Waals surface area (Å²) in [7, 11) is 3.10. The van der Waals surface area contributed by atoms with Gasteiger partial charge in [-0.05, 0) is 24.6 Å². The fraction of sp³-hybridized carbons (Fsp3) is 0.571. The molecule has 1 aromatic carbocycles. The number of methoxy groups -OCH3 is 2. The summed E-state index contributed by atoms with van der Waals surface area (Å²) in [5.41, 5.74) is 0.948. The number of hydrogen-bond acceptors (Lipinski definition) is 4. The molecule has 1 aromatic rings. The van der Waals surface area contributed by atoms with Gasteiger partial charge in [0.15, 0.2) is 11.5 Å². The summed E-state index contributed by atoms with van der Waals surface area (Å²) in [6, 6.07) is 5.44. The summed E-state index contributed by atoms with van der Waals surface area (Å²) >= 11 is 0. The van der Waals surface area contributed by atoms with Crippen molar-refractivity contribution < 1.29 is 27.4 Å². The van der Waals surface area contributed by atoms with Gasteiger partial charge in [-0.3, -0.25) is 0 Å². The molecule has 0 radical (unpaired) electrons. The van der Waals surface area contributed by atoms with Crippen LogP contribution in [-0.4, -0.2) is 40.2 Å². The quantitative estimate of drug-likeness (QED) is 0.750. The highest BCUT2D eigenvalue weighted by atomic mass is 19.4. The third-order valence-corrected chi connectivity index (χ3v) is 2.87. The van der Waals surface area contributed by atoms with E-state index in [4.69, 9.17) is 9.47 Å². The zero-order chi connectivity index (χ0) is 15.9. The van der Waals surface area contributed by atoms with Crippen molar-refractivity contribution in [2.75, 3.05) is 34.0 Å². The van der Waals surface area contributed by atoms with Crippen molar-refractivity contribution in [3.05, 3.63) is 23.8 Å². The molecule has 1 rings (SSSR count). The van der Waals surface area contributed by atoms with Gasteiger partial charge in [0.1, 0.15) is 6.61 Å². The second-order valence-electron chi connectivity index (χ2n) is 4.46. The van der Waals surface area contributed by atoms with E-state index < -0.39 is 12.8 Å². The molecule has 0 saturated carbocycles. The van der Waals surface area contributed by atoms with Crippen molar-refractivity contribution in [2.45, 2.75) is 19.1 Å². The van der Waals surface area contributed by atoms with Crippen LogP contribution < -0.4 is 14.8 Å². The summed E-state index contributed by atoms with van der Waals surface area (Å²) < 4.78 is 50.6. The van der Waals surface area contributed by atoms with Gasteiger partial charge in [-0.25, -0.2) is 0 Å². The lowest BCUT2D eigenvalue weighted by molar-refractivity contribution is -0.173. The van der Waals surface area contributed by atoms with Gasteiger partial charge in [0.05, 0.1) is 20.8 Å². The molecule has 0 bridgehead atoms. The van der Waals surface area contributed by atoms with Crippen molar-refractivity contribution in [1.29, 1.82) is 0 Å². The third kappa shape index (κ3) is 6.22. The van der Waals surface area contributed by atoms with Crippen LogP contribution in [0.15, 0.2) is 18.2 Å². The molecule has 0 amide bonds. The first-order valence-corrected chi connectivity index (χ1v) is 6.47. The Morgan fingerprint density at radius 1 is 1.14 bits per heavy atom. The molecule has 0 fully saturated rings. The van der Waals surface area contributed by atoms with E-state index in [0.717, 1.165) is 5.56 Å². The van der Waals surface area contributed by atoms with Gasteiger partial charge in [0, 0.05) is 12.6 Å². The highest BCUT2D eigenvalue weighted by Gasteiger charge is 2.27. The first kappa shape index (κ1) is 17.6. The Morgan fingerprint density at radius 2 is 1.81 bits per heavy atom. The first-order chi connectivity index (χ1) is 9.87. The second-order valence-corrected chi connectivity index (χ2v) is 4.46. The summed E-state index contributed by atoms with van der Waals surface area (Å²) in [5, 5.41) is 3.09. The molecule has 0 aliphatic carbocycles. The standard InChI is InChI=1S/C14H20F3NO3/c1-10(18-6-7-21-9-14(15,16)17)11-4-5-12(19-2)13(8-11)20-3/h4-5,8,10,18H,6-7,9H2,1-3H3. The molecular weight excluding hydrogens is 287 g/mol. The molecule has 1 unspecified atom stereocenters. The first-order valence-electron chi connectivity index (χ1n) is 6.47. The molecule has 0 saturated heterocycles. The molecule has 4 nitrogen and oxygen atoms in total. The van der Waals surface area contributed by atoms with Crippen molar-refractivity contribution in [1.82, 2.24) is 5.32 Å². The van der Waals surface area contributed by atoms with E-state index in [9.17, 15) is 13.2 Å². The monoisotopic (exact) mass is 307 g/mol. The van der Waals surface area contributed by atoms with Gasteiger partial charge in [-0.2, -0.15) is 13.2 Å². The van der Waals surface area contributed by atoms with Gasteiger partial charge >= 0.3 is 6.18 Å². The number of ether oxygens (including phenoxy) is 3. The summed E-state index contributed by atoms with van der Waals surface area (Å²) in [4.78, 5) is 0. The van der Waals surface area contributed by atoms with Gasteiger partial charge < -0.3 is 19.5 Å². The van der Waals surface area contributed by atoms with Gasteiger partial charge in [0.2, 0.25) is 0 Å². The number of hydrogen-bond donors (Lipinski definition) is 1. The molecule has 120 valence electrons. The van der Waals surface area contributed by atoms with Crippen LogP contribution in [0.3, 0.4) is 0 Å². The molecular formula is C14H20F3NO3. The Kier molecular flexibility index (Phi) is 6.77. The topological polar surface area (TPSA) is 39.7 Å². The SMILES string of the molecule is COc1ccc(C(C)NCCOCC(F)(F)F)cc1OC. The van der Waals surface area contributed by atoms with Gasteiger partial charge in [-0.1, -0.05) is 6.07 Å². The minimum atomic E-state index is -4.28. The average molecular weight is 307 g/mol. The van der Waals surface area contributed by atoms with Crippen LogP contribution >= 0.6 is 0 Å². The third-order valence-electron chi connectivity index (χ3n) is 2.87. The lowest BCUT2D eigenvalue weighted by Crippen LogP contribution is -2.26. The minimum absolute atomic E-state index is 0.00284. The van der Waals surface area contributed by atoms with Crippen LogP contribution in [0.25, 0.3) is 0 Å². The molecule has 0 aromatic heterocycles. The van der Waals surface area contributed by atoms with Gasteiger partial charge in [0.25, 0.3) is 0 Å². The number of nitrogens with one attached hydrogen (secondary N) is 1. The molecule has 7 heteroatoms. The summed E-state index contributed by atoms with van der Waals surface area (Å²) in [6.07, 6.45) is -4.28. The van der Waals surface area contributed by atoms with E-state index >= 15 is 0 Å². The zero-order valence-corrected chi connectivity index (χ0v) is 12.3. The average Bonchev–Trinajstić information content (AvgIpc) is 2.44. The van der Waals surface area contributed by atoms with E-state index in [1.807, 2.05) is 19.1 Å². The molecule has 0 heterocycles. The number of benzene rings is 1. The zero-order valence-electron chi connectivity index (χ0n) is 12.3. The fourth-order valence-corrected chi connectivity index (χ4v) is 1.78. The number of rotatable bonds is 8. The van der Waals surface area contributed by atoms with Crippen LogP contribution in [0.2, 0.25) is 0 Å². The minimum Gasteiger partial charge on any atom is -0.493 e. The Hall–Kier alpha value is -1.47. The van der Waals surface area contributed by atoms with Crippen LogP contribution in [0.1, 0.15) is 18.5 Å². The Balaban J connectivity index is 2.43. The van der Waals surface area contributed by atoms with Crippen molar-refractivity contribution >= 4 is 0 Å². The maximum atomic E-state index is 11.9. The molecule has 1 N–H and O–H groups in total. The summed E-state index contributed by atoms with van der Waals surface area (Å²) in [5.74, 6) is 1.24. The van der Waals surface area contributed by atoms with Crippen LogP contribution in [0, 0.1) is 0 Å². The van der Waals surface area contributed by atoms with E-state index in [-0.39, 0.29) is 12.6 Å². The lowest BCUT2D eigenvalue weighted by Gasteiger charge is -2.16. The largest absolute Gasteiger partial charge is 0.493 e. The van der Waals surface area contributed by atoms with Gasteiger partial charge in [-0.15, -0.1) is 0 Å². The van der Waals surface area contributed by atoms with E-state index in [1.54, 1.807) is 20.3 Å². The van der Waals surface area contributed by atoms with E-state index in [0.29, 0.717) is 18.0 Å². The lowest BCUT2D eigenvalue weighted by atomic mass is 10.1. The smallest absolute Gasteiger partial charge is 0.411 e. The van der Waals surface area contributed by atoms with Crippen LogP contribution in [0.4, 0.5) is 13.2 Å². The highest BCUT2D eigenvalue weighted by molar-refractivity contribution is 5.43. The molecule has 0 aliphatic rings. The van der Waals surface area contributed by atoms with E-state index in [2.05, 4.69) is 10.1 Å². The normalized spacial score (nSPS) is 13.0. The van der Waals surface area contributed by atoms with Crippen LogP contribution in [0.5, 0.6) is 11.5 Å². The molecule has 1 atom stereocenters. The number of alkyl halides is 3. The van der Waals surface area contributed by atoms with Crippen molar-refractivity contribution in [2.24, 2.45) is 0 Å².